The van der Waals surface area contributed by atoms with Crippen LogP contribution in [0.15, 0.2) is 85.2 Å². The number of hydrogen-bond donors (Lipinski definition) is 0. The zero-order valence-corrected chi connectivity index (χ0v) is 14.0. The van der Waals surface area contributed by atoms with E-state index in [1.165, 1.54) is 39.0 Å². The molecule has 0 amide bonds. The Morgan fingerprint density at radius 2 is 0.808 bits per heavy atom. The van der Waals surface area contributed by atoms with Gasteiger partial charge in [-0.1, -0.05) is 60.7 Å². The van der Waals surface area contributed by atoms with Crippen molar-refractivity contribution < 1.29 is 0 Å². The average Bonchev–Trinajstić information content (AvgIpc) is 3.21. The molecule has 0 atom stereocenters. The van der Waals surface area contributed by atoms with Crippen LogP contribution in [0.25, 0.3) is 33.4 Å². The minimum atomic E-state index is 1.03. The standard InChI is InChI=1S/C24H14N2/c1-3-9-17-15(7-1)16-8-2-4-10-18(16)21(17)22-23-19(11-5-13-25-23)20-12-6-14-26-24(20)22/h1-14H. The Morgan fingerprint density at radius 3 is 1.31 bits per heavy atom. The van der Waals surface area contributed by atoms with E-state index < -0.39 is 0 Å². The van der Waals surface area contributed by atoms with E-state index in [0.717, 1.165) is 17.0 Å². The minimum Gasteiger partial charge on any atom is -0.256 e. The number of nitrogens with zero attached hydrogens (tertiary/aromatic N) is 2. The molecule has 2 aromatic carbocycles. The van der Waals surface area contributed by atoms with Crippen LogP contribution >= 0.6 is 0 Å². The molecule has 2 aliphatic carbocycles. The van der Waals surface area contributed by atoms with Gasteiger partial charge in [-0.3, -0.25) is 9.97 Å². The average molecular weight is 330 g/mol. The minimum absolute atomic E-state index is 1.03. The Labute approximate surface area is 151 Å². The molecule has 0 saturated heterocycles. The molecule has 26 heavy (non-hydrogen) atoms. The van der Waals surface area contributed by atoms with Crippen molar-refractivity contribution in [2.45, 2.75) is 0 Å². The monoisotopic (exact) mass is 330 g/mol. The summed E-state index contributed by atoms with van der Waals surface area (Å²) in [6, 6.07) is 25.5. The van der Waals surface area contributed by atoms with Crippen molar-refractivity contribution in [3.8, 4) is 22.3 Å². The summed E-state index contributed by atoms with van der Waals surface area (Å²) in [6.07, 6.45) is 3.75. The van der Waals surface area contributed by atoms with Gasteiger partial charge in [0, 0.05) is 34.7 Å². The van der Waals surface area contributed by atoms with Crippen LogP contribution in [0, 0.1) is 0 Å². The molecule has 2 heteroatoms. The van der Waals surface area contributed by atoms with Crippen LogP contribution < -0.4 is 0 Å². The number of aromatic nitrogens is 2. The second-order valence-electron chi connectivity index (χ2n) is 6.64. The van der Waals surface area contributed by atoms with Crippen LogP contribution in [-0.2, 0) is 0 Å². The van der Waals surface area contributed by atoms with Gasteiger partial charge in [-0.2, -0.15) is 0 Å². The van der Waals surface area contributed by atoms with Crippen LogP contribution in [0.2, 0.25) is 0 Å². The molecule has 0 unspecified atom stereocenters. The molecule has 2 aliphatic rings. The van der Waals surface area contributed by atoms with Crippen LogP contribution in [-0.4, -0.2) is 9.97 Å². The van der Waals surface area contributed by atoms with E-state index in [-0.39, 0.29) is 0 Å². The van der Waals surface area contributed by atoms with Gasteiger partial charge in [-0.15, -0.1) is 0 Å². The van der Waals surface area contributed by atoms with E-state index in [4.69, 9.17) is 9.97 Å². The van der Waals surface area contributed by atoms with Crippen molar-refractivity contribution in [2.24, 2.45) is 0 Å². The fourth-order valence-electron chi connectivity index (χ4n) is 4.28. The highest BCUT2D eigenvalue weighted by Gasteiger charge is 2.33. The van der Waals surface area contributed by atoms with E-state index in [1.54, 1.807) is 0 Å². The lowest BCUT2D eigenvalue weighted by Gasteiger charge is -2.09. The lowest BCUT2D eigenvalue weighted by Crippen LogP contribution is -1.94. The first-order valence-corrected chi connectivity index (χ1v) is 8.78. The number of benzene rings is 2. The maximum Gasteiger partial charge on any atom is 0.0809 e. The number of pyridine rings is 2. The first-order valence-electron chi connectivity index (χ1n) is 8.78. The fourth-order valence-corrected chi connectivity index (χ4v) is 4.28. The second kappa shape index (κ2) is 4.99. The van der Waals surface area contributed by atoms with Gasteiger partial charge in [-0.25, -0.2) is 0 Å². The molecular formula is C24H14N2. The second-order valence-corrected chi connectivity index (χ2v) is 6.64. The fraction of sp³-hybridized carbons (Fsp3) is 0. The molecule has 0 spiro atoms. The highest BCUT2D eigenvalue weighted by Crippen LogP contribution is 2.52. The van der Waals surface area contributed by atoms with E-state index >= 15 is 0 Å². The van der Waals surface area contributed by atoms with Gasteiger partial charge < -0.3 is 0 Å². The molecule has 6 rings (SSSR count). The largest absolute Gasteiger partial charge is 0.256 e. The Hall–Kier alpha value is -3.52. The summed E-state index contributed by atoms with van der Waals surface area (Å²) in [5.41, 5.74) is 11.9. The molecule has 2 aromatic heterocycles. The van der Waals surface area contributed by atoms with Gasteiger partial charge in [0.25, 0.3) is 0 Å². The SMILES string of the molecule is c1ccc2c(c1)C(=C1c3ncccc3-c3cccnc31)c1ccccc1-2. The summed E-state index contributed by atoms with van der Waals surface area (Å²) in [7, 11) is 0. The predicted octanol–water partition coefficient (Wildman–Crippen LogP) is 5.44. The van der Waals surface area contributed by atoms with Gasteiger partial charge in [0.15, 0.2) is 0 Å². The molecule has 0 aliphatic heterocycles. The zero-order chi connectivity index (χ0) is 17.1. The molecule has 0 fully saturated rings. The van der Waals surface area contributed by atoms with Crippen molar-refractivity contribution >= 4 is 11.1 Å². The van der Waals surface area contributed by atoms with Crippen LogP contribution in [0.5, 0.6) is 0 Å². The zero-order valence-electron chi connectivity index (χ0n) is 14.0. The van der Waals surface area contributed by atoms with E-state index in [2.05, 4.69) is 60.7 Å². The maximum absolute atomic E-state index is 4.75. The molecular weight excluding hydrogens is 316 g/mol. The summed E-state index contributed by atoms with van der Waals surface area (Å²) in [4.78, 5) is 9.50. The van der Waals surface area contributed by atoms with Crippen molar-refractivity contribution in [2.75, 3.05) is 0 Å². The number of fused-ring (bicyclic) bond motifs is 6. The highest BCUT2D eigenvalue weighted by molar-refractivity contribution is 6.17. The molecule has 0 bridgehead atoms. The van der Waals surface area contributed by atoms with Crippen molar-refractivity contribution in [3.05, 3.63) is 108 Å². The van der Waals surface area contributed by atoms with Gasteiger partial charge in [0.2, 0.25) is 0 Å². The third-order valence-electron chi connectivity index (χ3n) is 5.31. The summed E-state index contributed by atoms with van der Waals surface area (Å²) in [5.74, 6) is 0. The Kier molecular flexibility index (Phi) is 2.64. The van der Waals surface area contributed by atoms with Crippen molar-refractivity contribution in [1.29, 1.82) is 0 Å². The Bertz CT molecular complexity index is 1040. The lowest BCUT2D eigenvalue weighted by atomic mass is 9.95. The Balaban J connectivity index is 1.82. The number of hydrogen-bond acceptors (Lipinski definition) is 2. The van der Waals surface area contributed by atoms with Gasteiger partial charge in [0.1, 0.15) is 0 Å². The molecule has 4 aromatic rings. The van der Waals surface area contributed by atoms with Crippen LogP contribution in [0.4, 0.5) is 0 Å². The summed E-state index contributed by atoms with van der Waals surface area (Å²) in [5, 5.41) is 0. The highest BCUT2D eigenvalue weighted by atomic mass is 14.8. The predicted molar refractivity (Wildman–Crippen MR) is 104 cm³/mol. The quantitative estimate of drug-likeness (QED) is 0.370. The Morgan fingerprint density at radius 1 is 0.385 bits per heavy atom. The van der Waals surface area contributed by atoms with Gasteiger partial charge in [0.05, 0.1) is 11.4 Å². The summed E-state index contributed by atoms with van der Waals surface area (Å²) < 4.78 is 0. The number of rotatable bonds is 0. The third-order valence-corrected chi connectivity index (χ3v) is 5.31. The summed E-state index contributed by atoms with van der Waals surface area (Å²) >= 11 is 0. The molecule has 0 radical (unpaired) electrons. The van der Waals surface area contributed by atoms with Gasteiger partial charge in [-0.05, 0) is 34.4 Å². The smallest absolute Gasteiger partial charge is 0.0809 e. The molecule has 0 saturated carbocycles. The summed E-state index contributed by atoms with van der Waals surface area (Å²) in [6.45, 7) is 0. The molecule has 0 N–H and O–H groups in total. The van der Waals surface area contributed by atoms with E-state index in [9.17, 15) is 0 Å². The topological polar surface area (TPSA) is 25.8 Å². The molecule has 2 heterocycles. The van der Waals surface area contributed by atoms with Gasteiger partial charge >= 0.3 is 0 Å². The normalized spacial score (nSPS) is 13.2. The third kappa shape index (κ3) is 1.66. The van der Waals surface area contributed by atoms with Crippen LogP contribution in [0.3, 0.4) is 0 Å². The molecule has 2 nitrogen and oxygen atoms in total. The first kappa shape index (κ1) is 13.7. The maximum atomic E-state index is 4.75. The lowest BCUT2D eigenvalue weighted by molar-refractivity contribution is 1.27. The first-order chi connectivity index (χ1) is 12.9. The van der Waals surface area contributed by atoms with Crippen molar-refractivity contribution in [3.63, 3.8) is 0 Å². The van der Waals surface area contributed by atoms with E-state index in [0.29, 0.717) is 0 Å². The van der Waals surface area contributed by atoms with Crippen LogP contribution in [0.1, 0.15) is 22.5 Å². The van der Waals surface area contributed by atoms with E-state index in [1.807, 2.05) is 24.5 Å². The van der Waals surface area contributed by atoms with Crippen molar-refractivity contribution in [1.82, 2.24) is 9.97 Å². The molecule has 120 valence electrons.